The number of hydrogen-bond donors (Lipinski definition) is 2. The van der Waals surface area contributed by atoms with Gasteiger partial charge in [0.2, 0.25) is 0 Å². The molecule has 2 N–H and O–H groups in total. The van der Waals surface area contributed by atoms with Crippen LogP contribution in [0.1, 0.15) is 32.6 Å². The van der Waals surface area contributed by atoms with Crippen molar-refractivity contribution in [1.82, 2.24) is 10.2 Å². The Morgan fingerprint density at radius 1 is 1.35 bits per heavy atom. The summed E-state index contributed by atoms with van der Waals surface area (Å²) in [4.78, 5) is 2.35. The summed E-state index contributed by atoms with van der Waals surface area (Å²) in [7, 11) is 0. The number of ether oxygens (including phenoxy) is 1. The first-order valence-corrected chi connectivity index (χ1v) is 6.91. The lowest BCUT2D eigenvalue weighted by Crippen LogP contribution is -2.52. The fraction of sp³-hybridized carbons (Fsp3) is 1.00. The molecule has 0 saturated carbocycles. The van der Waals surface area contributed by atoms with Gasteiger partial charge in [-0.1, -0.05) is 0 Å². The summed E-state index contributed by atoms with van der Waals surface area (Å²) >= 11 is 0. The van der Waals surface area contributed by atoms with Crippen LogP contribution in [0.4, 0.5) is 0 Å². The molecule has 0 bridgehead atoms. The zero-order chi connectivity index (χ0) is 12.1. The molecule has 0 aromatic rings. The quantitative estimate of drug-likeness (QED) is 0.741. The first-order valence-electron chi connectivity index (χ1n) is 6.91. The molecule has 0 spiro atoms. The van der Waals surface area contributed by atoms with Crippen LogP contribution in [0.3, 0.4) is 0 Å². The number of nitrogens with zero attached hydrogens (tertiary/aromatic N) is 1. The van der Waals surface area contributed by atoms with Gasteiger partial charge in [0.1, 0.15) is 0 Å². The molecule has 4 heteroatoms. The summed E-state index contributed by atoms with van der Waals surface area (Å²) in [5.41, 5.74) is 0.0598. The van der Waals surface area contributed by atoms with Crippen molar-refractivity contribution in [3.63, 3.8) is 0 Å². The van der Waals surface area contributed by atoms with Crippen molar-refractivity contribution in [2.75, 3.05) is 39.4 Å². The fourth-order valence-corrected chi connectivity index (χ4v) is 2.77. The number of likely N-dealkylation sites (tertiary alicyclic amines) is 1. The predicted octanol–water partition coefficient (Wildman–Crippen LogP) is 0.602. The molecule has 2 rings (SSSR count). The van der Waals surface area contributed by atoms with Gasteiger partial charge in [-0.25, -0.2) is 0 Å². The minimum Gasteiger partial charge on any atom is -0.390 e. The lowest BCUT2D eigenvalue weighted by atomic mass is 9.95. The number of nitrogens with one attached hydrogen (secondary N) is 1. The maximum absolute atomic E-state index is 10.0. The summed E-state index contributed by atoms with van der Waals surface area (Å²) in [6.45, 7) is 7.63. The third kappa shape index (κ3) is 4.21. The molecule has 2 unspecified atom stereocenters. The first kappa shape index (κ1) is 13.3. The average Bonchev–Trinajstić information content (AvgIpc) is 2.80. The van der Waals surface area contributed by atoms with Crippen molar-refractivity contribution in [3.05, 3.63) is 0 Å². The van der Waals surface area contributed by atoms with Gasteiger partial charge in [-0.2, -0.15) is 0 Å². The molecule has 2 heterocycles. The molecule has 4 nitrogen and oxygen atoms in total. The topological polar surface area (TPSA) is 44.7 Å². The number of aliphatic hydroxyl groups excluding tert-OH is 1. The van der Waals surface area contributed by atoms with E-state index in [0.717, 1.165) is 45.7 Å². The van der Waals surface area contributed by atoms with E-state index in [2.05, 4.69) is 17.1 Å². The molecule has 2 aliphatic heterocycles. The van der Waals surface area contributed by atoms with Gasteiger partial charge in [0, 0.05) is 25.2 Å². The lowest BCUT2D eigenvalue weighted by Gasteiger charge is -2.35. The fourth-order valence-electron chi connectivity index (χ4n) is 2.77. The second-order valence-corrected chi connectivity index (χ2v) is 5.76. The second kappa shape index (κ2) is 6.14. The van der Waals surface area contributed by atoms with Crippen molar-refractivity contribution in [1.29, 1.82) is 0 Å². The summed E-state index contributed by atoms with van der Waals surface area (Å²) < 4.78 is 5.50. The monoisotopic (exact) mass is 242 g/mol. The van der Waals surface area contributed by atoms with Crippen molar-refractivity contribution in [3.8, 4) is 0 Å². The van der Waals surface area contributed by atoms with Gasteiger partial charge >= 0.3 is 0 Å². The summed E-state index contributed by atoms with van der Waals surface area (Å²) in [5, 5.41) is 13.5. The van der Waals surface area contributed by atoms with Crippen LogP contribution >= 0.6 is 0 Å². The standard InChI is InChI=1S/C13H26N2O2/c1-13(5-4-8-17-11-13)14-9-12(16)10-15-6-2-3-7-15/h12,14,16H,2-11H2,1H3. The Morgan fingerprint density at radius 3 is 2.76 bits per heavy atom. The number of β-amino-alcohol motifs (C(OH)–C–C–N with tert-alkyl or cyclic N) is 1. The van der Waals surface area contributed by atoms with Crippen LogP contribution in [0.2, 0.25) is 0 Å². The maximum Gasteiger partial charge on any atom is 0.0791 e. The maximum atomic E-state index is 10.0. The Balaban J connectivity index is 1.65. The molecular weight excluding hydrogens is 216 g/mol. The summed E-state index contributed by atoms with van der Waals surface area (Å²) in [6, 6.07) is 0. The molecule has 2 saturated heterocycles. The van der Waals surface area contributed by atoms with E-state index in [9.17, 15) is 5.11 Å². The normalized spacial score (nSPS) is 32.8. The van der Waals surface area contributed by atoms with Gasteiger partial charge in [-0.15, -0.1) is 0 Å². The Morgan fingerprint density at radius 2 is 2.12 bits per heavy atom. The third-order valence-electron chi connectivity index (χ3n) is 3.87. The molecule has 100 valence electrons. The zero-order valence-corrected chi connectivity index (χ0v) is 11.0. The minimum atomic E-state index is -0.258. The van der Waals surface area contributed by atoms with Crippen LogP contribution in [0.25, 0.3) is 0 Å². The highest BCUT2D eigenvalue weighted by molar-refractivity contribution is 4.86. The van der Waals surface area contributed by atoms with Gasteiger partial charge < -0.3 is 20.1 Å². The number of hydrogen-bond acceptors (Lipinski definition) is 4. The molecule has 2 atom stereocenters. The Kier molecular flexibility index (Phi) is 4.79. The van der Waals surface area contributed by atoms with Crippen LogP contribution < -0.4 is 5.32 Å². The van der Waals surface area contributed by atoms with Gasteiger partial charge in [0.25, 0.3) is 0 Å². The van der Waals surface area contributed by atoms with Crippen molar-refractivity contribution >= 4 is 0 Å². The van der Waals surface area contributed by atoms with E-state index in [4.69, 9.17) is 4.74 Å². The van der Waals surface area contributed by atoms with E-state index in [1.165, 1.54) is 12.8 Å². The number of rotatable bonds is 5. The Labute approximate surface area is 104 Å². The molecular formula is C13H26N2O2. The van der Waals surface area contributed by atoms with Crippen LogP contribution in [0.15, 0.2) is 0 Å². The van der Waals surface area contributed by atoms with E-state index in [-0.39, 0.29) is 11.6 Å². The van der Waals surface area contributed by atoms with E-state index in [1.807, 2.05) is 0 Å². The highest BCUT2D eigenvalue weighted by atomic mass is 16.5. The van der Waals surface area contributed by atoms with Crippen LogP contribution in [0, 0.1) is 0 Å². The lowest BCUT2D eigenvalue weighted by molar-refractivity contribution is 0.0200. The molecule has 2 aliphatic rings. The highest BCUT2D eigenvalue weighted by Crippen LogP contribution is 2.18. The second-order valence-electron chi connectivity index (χ2n) is 5.76. The van der Waals surface area contributed by atoms with Crippen LogP contribution in [-0.2, 0) is 4.74 Å². The Hall–Kier alpha value is -0.160. The minimum absolute atomic E-state index is 0.0598. The van der Waals surface area contributed by atoms with E-state index in [1.54, 1.807) is 0 Å². The van der Waals surface area contributed by atoms with Gasteiger partial charge in [-0.05, 0) is 45.7 Å². The molecule has 2 fully saturated rings. The van der Waals surface area contributed by atoms with Crippen LogP contribution in [-0.4, -0.2) is 61.0 Å². The van der Waals surface area contributed by atoms with Crippen molar-refractivity contribution in [2.45, 2.75) is 44.2 Å². The van der Waals surface area contributed by atoms with Crippen molar-refractivity contribution < 1.29 is 9.84 Å². The van der Waals surface area contributed by atoms with Crippen molar-refractivity contribution in [2.24, 2.45) is 0 Å². The largest absolute Gasteiger partial charge is 0.390 e. The van der Waals surface area contributed by atoms with E-state index in [0.29, 0.717) is 6.54 Å². The smallest absolute Gasteiger partial charge is 0.0791 e. The van der Waals surface area contributed by atoms with Crippen LogP contribution in [0.5, 0.6) is 0 Å². The average molecular weight is 242 g/mol. The molecule has 0 aliphatic carbocycles. The molecule has 0 aromatic carbocycles. The first-order chi connectivity index (χ1) is 8.18. The molecule has 0 amide bonds. The summed E-state index contributed by atoms with van der Waals surface area (Å²) in [6.07, 6.45) is 4.57. The summed E-state index contributed by atoms with van der Waals surface area (Å²) in [5.74, 6) is 0. The molecule has 0 aromatic heterocycles. The molecule has 0 radical (unpaired) electrons. The Bertz CT molecular complexity index is 223. The van der Waals surface area contributed by atoms with E-state index < -0.39 is 0 Å². The zero-order valence-electron chi connectivity index (χ0n) is 11.0. The third-order valence-corrected chi connectivity index (χ3v) is 3.87. The predicted molar refractivity (Wildman–Crippen MR) is 68.1 cm³/mol. The van der Waals surface area contributed by atoms with Gasteiger partial charge in [-0.3, -0.25) is 0 Å². The van der Waals surface area contributed by atoms with Gasteiger partial charge in [0.05, 0.1) is 12.7 Å². The SMILES string of the molecule is CC1(NCC(O)CN2CCCC2)CCCOC1. The number of aliphatic hydroxyl groups is 1. The van der Waals surface area contributed by atoms with E-state index >= 15 is 0 Å². The molecule has 17 heavy (non-hydrogen) atoms. The highest BCUT2D eigenvalue weighted by Gasteiger charge is 2.27. The van der Waals surface area contributed by atoms with Gasteiger partial charge in [0.15, 0.2) is 0 Å².